The molecule has 2 aliphatic rings. The Morgan fingerprint density at radius 2 is 1.82 bits per heavy atom. The lowest BCUT2D eigenvalue weighted by Gasteiger charge is -2.35. The summed E-state index contributed by atoms with van der Waals surface area (Å²) in [5.41, 5.74) is -1.03. The predicted molar refractivity (Wildman–Crippen MR) is 93.9 cm³/mol. The molecule has 0 aliphatic carbocycles. The van der Waals surface area contributed by atoms with Gasteiger partial charge in [-0.1, -0.05) is 6.07 Å². The van der Waals surface area contributed by atoms with Crippen LogP contribution >= 0.6 is 0 Å². The lowest BCUT2D eigenvalue weighted by molar-refractivity contribution is -0.137. The molecule has 2 amide bonds. The van der Waals surface area contributed by atoms with Crippen LogP contribution < -0.4 is 0 Å². The zero-order chi connectivity index (χ0) is 20.7. The van der Waals surface area contributed by atoms with E-state index in [0.29, 0.717) is 32.4 Å². The molecule has 1 aromatic rings. The highest BCUT2D eigenvalue weighted by molar-refractivity contribution is 7.89. The summed E-state index contributed by atoms with van der Waals surface area (Å²) in [5, 5.41) is 0. The summed E-state index contributed by atoms with van der Waals surface area (Å²) in [6, 6.07) is 2.93. The van der Waals surface area contributed by atoms with Gasteiger partial charge in [-0.2, -0.15) is 17.5 Å². The SMILES string of the molecule is C[C@@H]1N(C(=O)N2CCOCC2)[C@@H](C)CN1S(=O)(=O)c1cccc(C(F)(F)F)c1. The number of morpholine rings is 1. The third kappa shape index (κ3) is 3.83. The molecule has 28 heavy (non-hydrogen) atoms. The Labute approximate surface area is 161 Å². The number of ether oxygens (including phenoxy) is 1. The van der Waals surface area contributed by atoms with Gasteiger partial charge in [-0.05, 0) is 32.0 Å². The molecule has 2 atom stereocenters. The molecule has 0 aromatic heterocycles. The smallest absolute Gasteiger partial charge is 0.378 e. The Morgan fingerprint density at radius 3 is 2.43 bits per heavy atom. The summed E-state index contributed by atoms with van der Waals surface area (Å²) in [6.07, 6.45) is -5.46. The van der Waals surface area contributed by atoms with E-state index in [9.17, 15) is 26.4 Å². The van der Waals surface area contributed by atoms with E-state index in [2.05, 4.69) is 0 Å². The predicted octanol–water partition coefficient (Wildman–Crippen LogP) is 2.20. The number of nitrogens with zero attached hydrogens (tertiary/aromatic N) is 3. The number of alkyl halides is 3. The van der Waals surface area contributed by atoms with Crippen molar-refractivity contribution in [1.29, 1.82) is 0 Å². The van der Waals surface area contributed by atoms with Crippen LogP contribution in [-0.2, 0) is 20.9 Å². The number of rotatable bonds is 2. The van der Waals surface area contributed by atoms with Crippen LogP contribution in [-0.4, -0.2) is 73.6 Å². The Hall–Kier alpha value is -1.85. The van der Waals surface area contributed by atoms with Gasteiger partial charge in [0.25, 0.3) is 0 Å². The minimum atomic E-state index is -4.65. The van der Waals surface area contributed by atoms with Crippen LogP contribution in [0.2, 0.25) is 0 Å². The first kappa shape index (κ1) is 20.9. The lowest BCUT2D eigenvalue weighted by Crippen LogP contribution is -2.52. The number of carbonyl (C=O) groups is 1. The van der Waals surface area contributed by atoms with E-state index in [4.69, 9.17) is 4.74 Å². The zero-order valence-corrected chi connectivity index (χ0v) is 16.3. The summed E-state index contributed by atoms with van der Waals surface area (Å²) >= 11 is 0. The van der Waals surface area contributed by atoms with E-state index in [1.807, 2.05) is 0 Å². The van der Waals surface area contributed by atoms with Crippen molar-refractivity contribution in [2.24, 2.45) is 0 Å². The maximum Gasteiger partial charge on any atom is 0.416 e. The Morgan fingerprint density at radius 1 is 1.18 bits per heavy atom. The number of carbonyl (C=O) groups excluding carboxylic acids is 1. The fourth-order valence-corrected chi connectivity index (χ4v) is 5.25. The first-order chi connectivity index (χ1) is 13.0. The number of hydrogen-bond acceptors (Lipinski definition) is 4. The molecule has 0 radical (unpaired) electrons. The third-order valence-corrected chi connectivity index (χ3v) is 6.93. The fraction of sp³-hybridized carbons (Fsp3) is 0.588. The molecule has 0 unspecified atom stereocenters. The molecule has 0 saturated carbocycles. The summed E-state index contributed by atoms with van der Waals surface area (Å²) in [4.78, 5) is 15.4. The van der Waals surface area contributed by atoms with E-state index < -0.39 is 38.9 Å². The molecular weight excluding hydrogens is 399 g/mol. The van der Waals surface area contributed by atoms with Gasteiger partial charge >= 0.3 is 12.2 Å². The van der Waals surface area contributed by atoms with Gasteiger partial charge in [0.2, 0.25) is 10.0 Å². The van der Waals surface area contributed by atoms with Crippen molar-refractivity contribution in [3.8, 4) is 0 Å². The van der Waals surface area contributed by atoms with Crippen LogP contribution in [0.15, 0.2) is 29.2 Å². The molecule has 1 aromatic carbocycles. The van der Waals surface area contributed by atoms with Crippen LogP contribution in [0.1, 0.15) is 19.4 Å². The minimum absolute atomic E-state index is 0.00975. The van der Waals surface area contributed by atoms with Crippen molar-refractivity contribution < 1.29 is 31.1 Å². The molecule has 0 N–H and O–H groups in total. The van der Waals surface area contributed by atoms with Gasteiger partial charge in [0.1, 0.15) is 0 Å². The Kier molecular flexibility index (Phi) is 5.61. The van der Waals surface area contributed by atoms with Gasteiger partial charge in [-0.3, -0.25) is 0 Å². The quantitative estimate of drug-likeness (QED) is 0.734. The highest BCUT2D eigenvalue weighted by atomic mass is 32.2. The average Bonchev–Trinajstić information content (AvgIpc) is 2.96. The number of urea groups is 1. The maximum atomic E-state index is 13.0. The minimum Gasteiger partial charge on any atom is -0.378 e. The average molecular weight is 421 g/mol. The molecule has 2 aliphatic heterocycles. The summed E-state index contributed by atoms with van der Waals surface area (Å²) in [7, 11) is -4.20. The summed E-state index contributed by atoms with van der Waals surface area (Å²) < 4.78 is 71.2. The molecule has 0 bridgehead atoms. The van der Waals surface area contributed by atoms with Crippen molar-refractivity contribution >= 4 is 16.1 Å². The van der Waals surface area contributed by atoms with E-state index in [1.54, 1.807) is 18.7 Å². The monoisotopic (exact) mass is 421 g/mol. The van der Waals surface area contributed by atoms with Crippen molar-refractivity contribution in [2.45, 2.75) is 37.1 Å². The van der Waals surface area contributed by atoms with Crippen LogP contribution in [0.3, 0.4) is 0 Å². The van der Waals surface area contributed by atoms with Gasteiger partial charge in [-0.25, -0.2) is 13.2 Å². The topological polar surface area (TPSA) is 70.2 Å². The largest absolute Gasteiger partial charge is 0.416 e. The second kappa shape index (κ2) is 7.53. The fourth-order valence-electron chi connectivity index (χ4n) is 3.54. The second-order valence-corrected chi connectivity index (χ2v) is 8.76. The second-order valence-electron chi connectivity index (χ2n) is 6.87. The number of amides is 2. The molecule has 2 heterocycles. The molecule has 156 valence electrons. The molecule has 2 fully saturated rings. The van der Waals surface area contributed by atoms with E-state index in [1.165, 1.54) is 4.90 Å². The van der Waals surface area contributed by atoms with E-state index in [0.717, 1.165) is 22.5 Å². The van der Waals surface area contributed by atoms with Crippen molar-refractivity contribution in [3.05, 3.63) is 29.8 Å². The van der Waals surface area contributed by atoms with Gasteiger partial charge in [-0.15, -0.1) is 0 Å². The molecule has 11 heteroatoms. The van der Waals surface area contributed by atoms with Crippen LogP contribution in [0, 0.1) is 0 Å². The first-order valence-corrected chi connectivity index (χ1v) is 10.3. The normalized spacial score (nSPS) is 24.6. The third-order valence-electron chi connectivity index (χ3n) is 5.01. The standard InChI is InChI=1S/C17H22F3N3O4S/c1-12-11-22(13(2)23(12)16(24)21-6-8-27-9-7-21)28(25,26)15-5-3-4-14(10-15)17(18,19)20/h3-5,10,12-13H,6-9,11H2,1-2H3/t12-,13-/m0/s1. The van der Waals surface area contributed by atoms with E-state index in [-0.39, 0.29) is 12.6 Å². The van der Waals surface area contributed by atoms with Gasteiger partial charge in [0.05, 0.1) is 29.8 Å². The highest BCUT2D eigenvalue weighted by Gasteiger charge is 2.45. The number of sulfonamides is 1. The maximum absolute atomic E-state index is 13.0. The Bertz CT molecular complexity index is 840. The number of benzene rings is 1. The van der Waals surface area contributed by atoms with Gasteiger partial charge in [0.15, 0.2) is 0 Å². The van der Waals surface area contributed by atoms with Crippen molar-refractivity contribution in [3.63, 3.8) is 0 Å². The van der Waals surface area contributed by atoms with Crippen molar-refractivity contribution in [1.82, 2.24) is 14.1 Å². The van der Waals surface area contributed by atoms with Gasteiger partial charge < -0.3 is 14.5 Å². The number of hydrogen-bond donors (Lipinski definition) is 0. The Balaban J connectivity index is 1.86. The molecule has 2 saturated heterocycles. The molecule has 3 rings (SSSR count). The van der Waals surface area contributed by atoms with Gasteiger partial charge in [0, 0.05) is 25.7 Å². The molecule has 0 spiro atoms. The molecular formula is C17H22F3N3O4S. The van der Waals surface area contributed by atoms with Crippen LogP contribution in [0.4, 0.5) is 18.0 Å². The summed E-state index contributed by atoms with van der Waals surface area (Å²) in [5.74, 6) is 0. The van der Waals surface area contributed by atoms with Crippen molar-refractivity contribution in [2.75, 3.05) is 32.8 Å². The molecule has 7 nitrogen and oxygen atoms in total. The first-order valence-electron chi connectivity index (χ1n) is 8.87. The summed E-state index contributed by atoms with van der Waals surface area (Å²) in [6.45, 7) is 4.94. The highest BCUT2D eigenvalue weighted by Crippen LogP contribution is 2.33. The lowest BCUT2D eigenvalue weighted by atomic mass is 10.2. The van der Waals surface area contributed by atoms with Crippen LogP contribution in [0.5, 0.6) is 0 Å². The van der Waals surface area contributed by atoms with E-state index >= 15 is 0 Å². The van der Waals surface area contributed by atoms with Crippen LogP contribution in [0.25, 0.3) is 0 Å². The zero-order valence-electron chi connectivity index (χ0n) is 15.5. The number of halogens is 3.